The summed E-state index contributed by atoms with van der Waals surface area (Å²) in [6.45, 7) is 0. The molecule has 6 heteroatoms. The summed E-state index contributed by atoms with van der Waals surface area (Å²) in [4.78, 5) is 10.4. The molecule has 1 N–H and O–H groups in total. The summed E-state index contributed by atoms with van der Waals surface area (Å²) < 4.78 is 11.0. The van der Waals surface area contributed by atoms with Gasteiger partial charge in [0.2, 0.25) is 5.75 Å². The highest BCUT2D eigenvalue weighted by atomic mass is 16.6. The molecule has 20 heavy (non-hydrogen) atoms. The zero-order valence-electron chi connectivity index (χ0n) is 11.8. The van der Waals surface area contributed by atoms with E-state index < -0.39 is 4.92 Å². The zero-order valence-corrected chi connectivity index (χ0v) is 11.8. The van der Waals surface area contributed by atoms with Crippen LogP contribution in [0.5, 0.6) is 11.5 Å². The molecule has 6 nitrogen and oxygen atoms in total. The summed E-state index contributed by atoms with van der Waals surface area (Å²) in [7, 11) is 3.35. The molecule has 0 spiro atoms. The van der Waals surface area contributed by atoms with Gasteiger partial charge in [0.15, 0.2) is 0 Å². The molecule has 1 aliphatic rings. The van der Waals surface area contributed by atoms with Gasteiger partial charge in [0.25, 0.3) is 0 Å². The first-order chi connectivity index (χ1) is 9.65. The van der Waals surface area contributed by atoms with Crippen molar-refractivity contribution < 1.29 is 14.4 Å². The molecule has 2 atom stereocenters. The Balaban J connectivity index is 2.14. The van der Waals surface area contributed by atoms with Gasteiger partial charge < -0.3 is 14.8 Å². The molecule has 1 fully saturated rings. The first-order valence-electron chi connectivity index (χ1n) is 6.82. The number of benzene rings is 1. The van der Waals surface area contributed by atoms with Crippen LogP contribution < -0.4 is 14.8 Å². The molecule has 1 saturated carbocycles. The molecule has 1 aliphatic carbocycles. The van der Waals surface area contributed by atoms with Crippen molar-refractivity contribution in [2.75, 3.05) is 14.2 Å². The van der Waals surface area contributed by atoms with Crippen LogP contribution in [0, 0.1) is 10.1 Å². The van der Waals surface area contributed by atoms with Gasteiger partial charge in [-0.2, -0.15) is 0 Å². The third-order valence-electron chi connectivity index (χ3n) is 3.71. The molecule has 110 valence electrons. The second kappa shape index (κ2) is 6.56. The van der Waals surface area contributed by atoms with Crippen molar-refractivity contribution >= 4 is 5.69 Å². The highest BCUT2D eigenvalue weighted by molar-refractivity contribution is 5.50. The summed E-state index contributed by atoms with van der Waals surface area (Å²) in [6, 6.07) is 4.96. The van der Waals surface area contributed by atoms with Crippen molar-refractivity contribution in [2.24, 2.45) is 0 Å². The molecule has 0 bridgehead atoms. The van der Waals surface area contributed by atoms with Crippen molar-refractivity contribution in [1.82, 2.24) is 5.32 Å². The number of ether oxygens (including phenoxy) is 2. The van der Waals surface area contributed by atoms with Crippen molar-refractivity contribution in [1.29, 1.82) is 0 Å². The Hall–Kier alpha value is -1.82. The number of rotatable bonds is 5. The Morgan fingerprint density at radius 3 is 2.75 bits per heavy atom. The molecule has 0 heterocycles. The van der Waals surface area contributed by atoms with Crippen LogP contribution in [0.15, 0.2) is 18.2 Å². The van der Waals surface area contributed by atoms with Crippen LogP contribution in [-0.4, -0.2) is 31.2 Å². The van der Waals surface area contributed by atoms with Crippen molar-refractivity contribution in [3.63, 3.8) is 0 Å². The second-order valence-corrected chi connectivity index (χ2v) is 4.93. The molecule has 0 radical (unpaired) electrons. The molecular formula is C14H20N2O4. The highest BCUT2D eigenvalue weighted by Crippen LogP contribution is 2.32. The number of nitro benzene ring substituents is 1. The number of methoxy groups -OCH3 is 1. The van der Waals surface area contributed by atoms with Gasteiger partial charge in [-0.15, -0.1) is 0 Å². The molecule has 0 saturated heterocycles. The molecule has 0 aliphatic heterocycles. The fourth-order valence-corrected chi connectivity index (χ4v) is 2.63. The van der Waals surface area contributed by atoms with Gasteiger partial charge in [0, 0.05) is 18.2 Å². The molecule has 2 unspecified atom stereocenters. The van der Waals surface area contributed by atoms with Crippen molar-refractivity contribution in [3.8, 4) is 11.5 Å². The van der Waals surface area contributed by atoms with E-state index >= 15 is 0 Å². The van der Waals surface area contributed by atoms with Crippen LogP contribution in [-0.2, 0) is 0 Å². The minimum Gasteiger partial charge on any atom is -0.490 e. The maximum atomic E-state index is 10.9. The minimum atomic E-state index is -0.459. The lowest BCUT2D eigenvalue weighted by Crippen LogP contribution is -2.43. The van der Waals surface area contributed by atoms with Crippen LogP contribution in [0.25, 0.3) is 0 Å². The van der Waals surface area contributed by atoms with E-state index in [1.807, 2.05) is 7.05 Å². The summed E-state index contributed by atoms with van der Waals surface area (Å²) in [5.41, 5.74) is -0.0475. The predicted molar refractivity (Wildman–Crippen MR) is 75.4 cm³/mol. The van der Waals surface area contributed by atoms with Crippen LogP contribution >= 0.6 is 0 Å². The lowest BCUT2D eigenvalue weighted by Gasteiger charge is -2.31. The van der Waals surface area contributed by atoms with Gasteiger partial charge in [-0.05, 0) is 32.4 Å². The third kappa shape index (κ3) is 3.19. The van der Waals surface area contributed by atoms with Crippen molar-refractivity contribution in [3.05, 3.63) is 28.3 Å². The molecule has 2 rings (SSSR count). The standard InChI is InChI=1S/C14H20N2O4/c1-15-11-5-3-4-6-13(11)20-10-7-8-12(16(17)18)14(9-10)19-2/h7-9,11,13,15H,3-6H2,1-2H3. The Kier molecular flexibility index (Phi) is 4.79. The van der Waals surface area contributed by atoms with E-state index in [9.17, 15) is 10.1 Å². The van der Waals surface area contributed by atoms with Crippen LogP contribution in [0.4, 0.5) is 5.69 Å². The maximum Gasteiger partial charge on any atom is 0.311 e. The summed E-state index contributed by atoms with van der Waals surface area (Å²) >= 11 is 0. The van der Waals surface area contributed by atoms with E-state index in [2.05, 4.69) is 5.32 Å². The fraction of sp³-hybridized carbons (Fsp3) is 0.571. The average Bonchev–Trinajstić information content (AvgIpc) is 2.47. The quantitative estimate of drug-likeness (QED) is 0.662. The third-order valence-corrected chi connectivity index (χ3v) is 3.71. The van der Waals surface area contributed by atoms with E-state index in [4.69, 9.17) is 9.47 Å². The molecule has 1 aromatic carbocycles. The monoisotopic (exact) mass is 280 g/mol. The van der Waals surface area contributed by atoms with Crippen LogP contribution in [0.2, 0.25) is 0 Å². The number of likely N-dealkylation sites (N-methyl/N-ethyl adjacent to an activating group) is 1. The molecule has 0 amide bonds. The van der Waals surface area contributed by atoms with Crippen molar-refractivity contribution in [2.45, 2.75) is 37.8 Å². The Labute approximate surface area is 118 Å². The molecule has 1 aromatic rings. The minimum absolute atomic E-state index is 0.0475. The van der Waals surface area contributed by atoms with E-state index in [1.165, 1.54) is 19.6 Å². The van der Waals surface area contributed by atoms with Crippen LogP contribution in [0.3, 0.4) is 0 Å². The number of nitro groups is 1. The van der Waals surface area contributed by atoms with Gasteiger partial charge in [-0.3, -0.25) is 10.1 Å². The van der Waals surface area contributed by atoms with E-state index in [-0.39, 0.29) is 17.5 Å². The molecular weight excluding hydrogens is 260 g/mol. The second-order valence-electron chi connectivity index (χ2n) is 4.93. The van der Waals surface area contributed by atoms with E-state index in [0.717, 1.165) is 19.3 Å². The zero-order chi connectivity index (χ0) is 14.5. The van der Waals surface area contributed by atoms with Gasteiger partial charge in [0.05, 0.1) is 12.0 Å². The number of hydrogen-bond donors (Lipinski definition) is 1. The Bertz CT molecular complexity index is 478. The van der Waals surface area contributed by atoms with Gasteiger partial charge in [0.1, 0.15) is 11.9 Å². The SMILES string of the molecule is CNC1CCCCC1Oc1ccc([N+](=O)[O-])c(OC)c1. The lowest BCUT2D eigenvalue weighted by atomic mass is 9.92. The fourth-order valence-electron chi connectivity index (χ4n) is 2.63. The first kappa shape index (κ1) is 14.6. The largest absolute Gasteiger partial charge is 0.490 e. The molecule has 0 aromatic heterocycles. The van der Waals surface area contributed by atoms with Crippen LogP contribution in [0.1, 0.15) is 25.7 Å². The van der Waals surface area contributed by atoms with Gasteiger partial charge in [-0.1, -0.05) is 6.42 Å². The summed E-state index contributed by atoms with van der Waals surface area (Å²) in [6.07, 6.45) is 4.53. The highest BCUT2D eigenvalue weighted by Gasteiger charge is 2.26. The van der Waals surface area contributed by atoms with Gasteiger partial charge >= 0.3 is 5.69 Å². The first-order valence-corrected chi connectivity index (χ1v) is 6.82. The topological polar surface area (TPSA) is 73.6 Å². The Morgan fingerprint density at radius 1 is 1.35 bits per heavy atom. The number of nitrogens with zero attached hydrogens (tertiary/aromatic N) is 1. The maximum absolute atomic E-state index is 10.9. The normalized spacial score (nSPS) is 22.3. The number of hydrogen-bond acceptors (Lipinski definition) is 5. The summed E-state index contributed by atoms with van der Waals surface area (Å²) in [5, 5.41) is 14.1. The summed E-state index contributed by atoms with van der Waals surface area (Å²) in [5.74, 6) is 0.837. The van der Waals surface area contributed by atoms with E-state index in [0.29, 0.717) is 11.8 Å². The number of nitrogens with one attached hydrogen (secondary N) is 1. The average molecular weight is 280 g/mol. The van der Waals surface area contributed by atoms with Gasteiger partial charge in [-0.25, -0.2) is 0 Å². The lowest BCUT2D eigenvalue weighted by molar-refractivity contribution is -0.385. The Morgan fingerprint density at radius 2 is 2.10 bits per heavy atom. The predicted octanol–water partition coefficient (Wildman–Crippen LogP) is 2.51. The van der Waals surface area contributed by atoms with E-state index in [1.54, 1.807) is 12.1 Å². The smallest absolute Gasteiger partial charge is 0.311 e.